The lowest BCUT2D eigenvalue weighted by Crippen LogP contribution is -2.29. The van der Waals surface area contributed by atoms with Gasteiger partial charge in [0.05, 0.1) is 11.6 Å². The molecule has 3 heterocycles. The zero-order valence-electron chi connectivity index (χ0n) is 20.2. The zero-order chi connectivity index (χ0) is 25.2. The average molecular weight is 486 g/mol. The summed E-state index contributed by atoms with van der Waals surface area (Å²) in [4.78, 5) is 34.3. The molecule has 1 saturated heterocycles. The molecule has 1 unspecified atom stereocenters. The maximum absolute atomic E-state index is 13.3. The molecule has 2 aliphatic rings. The molecular formula is C28H27N3O5. The second-order valence-corrected chi connectivity index (χ2v) is 8.61. The van der Waals surface area contributed by atoms with Crippen molar-refractivity contribution in [2.24, 2.45) is 0 Å². The summed E-state index contributed by atoms with van der Waals surface area (Å²) in [6.45, 7) is 6.20. The van der Waals surface area contributed by atoms with Gasteiger partial charge in [0.2, 0.25) is 6.79 Å². The summed E-state index contributed by atoms with van der Waals surface area (Å²) in [5.74, 6) is -0.593. The first-order chi connectivity index (χ1) is 17.5. The van der Waals surface area contributed by atoms with Crippen molar-refractivity contribution in [3.8, 4) is 11.5 Å². The van der Waals surface area contributed by atoms with Crippen LogP contribution in [0.15, 0.2) is 72.6 Å². The number of likely N-dealkylation sites (tertiary alicyclic amines) is 1. The lowest BCUT2D eigenvalue weighted by molar-refractivity contribution is -0.140. The number of rotatable bonds is 7. The van der Waals surface area contributed by atoms with Gasteiger partial charge >= 0.3 is 0 Å². The van der Waals surface area contributed by atoms with Gasteiger partial charge in [0.1, 0.15) is 5.76 Å². The summed E-state index contributed by atoms with van der Waals surface area (Å²) < 4.78 is 10.8. The van der Waals surface area contributed by atoms with E-state index in [4.69, 9.17) is 9.47 Å². The number of ketones is 1. The van der Waals surface area contributed by atoms with E-state index < -0.39 is 17.7 Å². The topological polar surface area (TPSA) is 92.2 Å². The number of ether oxygens (including phenoxy) is 2. The molecule has 2 aliphatic heterocycles. The Balaban J connectivity index is 1.61. The molecule has 184 valence electrons. The molecule has 2 aromatic carbocycles. The van der Waals surface area contributed by atoms with Crippen molar-refractivity contribution in [2.75, 3.05) is 24.8 Å². The van der Waals surface area contributed by atoms with E-state index in [1.807, 2.05) is 24.3 Å². The van der Waals surface area contributed by atoms with E-state index in [0.717, 1.165) is 29.9 Å². The smallest absolute Gasteiger partial charge is 0.295 e. The first-order valence-corrected chi connectivity index (χ1v) is 11.9. The van der Waals surface area contributed by atoms with Crippen LogP contribution in [0, 0.1) is 0 Å². The number of aliphatic hydroxyl groups is 1. The Labute approximate surface area is 209 Å². The third-order valence-corrected chi connectivity index (χ3v) is 6.63. The molecule has 1 atom stereocenters. The summed E-state index contributed by atoms with van der Waals surface area (Å²) in [5.41, 5.74) is 3.04. The quantitative estimate of drug-likeness (QED) is 0.303. The largest absolute Gasteiger partial charge is 0.507 e. The number of benzene rings is 2. The predicted molar refractivity (Wildman–Crippen MR) is 135 cm³/mol. The molecule has 3 aromatic rings. The Morgan fingerprint density at radius 2 is 1.69 bits per heavy atom. The Morgan fingerprint density at radius 1 is 1.00 bits per heavy atom. The fourth-order valence-corrected chi connectivity index (χ4v) is 4.73. The molecule has 8 heteroatoms. The Kier molecular flexibility index (Phi) is 6.33. The van der Waals surface area contributed by atoms with Gasteiger partial charge in [-0.15, -0.1) is 0 Å². The van der Waals surface area contributed by atoms with Crippen molar-refractivity contribution >= 4 is 23.1 Å². The van der Waals surface area contributed by atoms with Gasteiger partial charge in [-0.3, -0.25) is 14.6 Å². The number of pyridine rings is 1. The van der Waals surface area contributed by atoms with Gasteiger partial charge in [-0.25, -0.2) is 0 Å². The first-order valence-electron chi connectivity index (χ1n) is 11.9. The number of nitrogens with zero attached hydrogens (tertiary/aromatic N) is 3. The monoisotopic (exact) mass is 485 g/mol. The Hall–Kier alpha value is -4.33. The number of Topliss-reactive ketones (excluding diaryl/α,β-unsaturated/α-hetero) is 1. The molecule has 0 aliphatic carbocycles. The van der Waals surface area contributed by atoms with Crippen molar-refractivity contribution in [3.05, 3.63) is 89.3 Å². The van der Waals surface area contributed by atoms with Crippen LogP contribution in [-0.2, 0) is 16.1 Å². The zero-order valence-corrected chi connectivity index (χ0v) is 20.2. The van der Waals surface area contributed by atoms with Crippen LogP contribution in [0.5, 0.6) is 11.5 Å². The molecule has 0 saturated carbocycles. The van der Waals surface area contributed by atoms with E-state index in [-0.39, 0.29) is 24.7 Å². The summed E-state index contributed by atoms with van der Waals surface area (Å²) in [7, 11) is 0. The summed E-state index contributed by atoms with van der Waals surface area (Å²) in [6.07, 6.45) is 3.29. The molecule has 0 spiro atoms. The van der Waals surface area contributed by atoms with Crippen LogP contribution in [0.2, 0.25) is 0 Å². The van der Waals surface area contributed by atoms with Crippen molar-refractivity contribution in [3.63, 3.8) is 0 Å². The molecule has 36 heavy (non-hydrogen) atoms. The highest BCUT2D eigenvalue weighted by Gasteiger charge is 2.46. The number of fused-ring (bicyclic) bond motifs is 1. The summed E-state index contributed by atoms with van der Waals surface area (Å²) in [6, 6.07) is 15.6. The normalized spacial score (nSPS) is 18.1. The van der Waals surface area contributed by atoms with E-state index in [1.54, 1.807) is 42.7 Å². The Morgan fingerprint density at radius 3 is 2.39 bits per heavy atom. The van der Waals surface area contributed by atoms with Crippen LogP contribution in [0.3, 0.4) is 0 Å². The average Bonchev–Trinajstić information content (AvgIpc) is 3.48. The lowest BCUT2D eigenvalue weighted by atomic mass is 9.94. The standard InChI is InChI=1S/C28H27N3O5/c1-3-30(4-2)21-8-5-19(6-9-21)25-24(26(32)20-7-10-22-23(15-20)36-17-35-22)27(33)28(34)31(25)16-18-11-13-29-14-12-18/h5-15,25,32H,3-4,16-17H2,1-2H3/b26-24-. The van der Waals surface area contributed by atoms with Crippen LogP contribution < -0.4 is 14.4 Å². The number of carbonyl (C=O) groups is 2. The molecule has 8 nitrogen and oxygen atoms in total. The molecule has 0 bridgehead atoms. The minimum Gasteiger partial charge on any atom is -0.507 e. The van der Waals surface area contributed by atoms with Crippen LogP contribution in [0.4, 0.5) is 5.69 Å². The molecular weight excluding hydrogens is 458 g/mol. The summed E-state index contributed by atoms with van der Waals surface area (Å²) >= 11 is 0. The van der Waals surface area contributed by atoms with Gasteiger partial charge in [0.25, 0.3) is 11.7 Å². The van der Waals surface area contributed by atoms with Crippen LogP contribution >= 0.6 is 0 Å². The van der Waals surface area contributed by atoms with Gasteiger partial charge < -0.3 is 24.4 Å². The third kappa shape index (κ3) is 4.15. The highest BCUT2D eigenvalue weighted by atomic mass is 16.7. The van der Waals surface area contributed by atoms with Gasteiger partial charge in [-0.05, 0) is 67.4 Å². The van der Waals surface area contributed by atoms with Gasteiger partial charge in [-0.2, -0.15) is 0 Å². The minimum absolute atomic E-state index is 0.0449. The molecule has 1 N–H and O–H groups in total. The van der Waals surface area contributed by atoms with Crippen molar-refractivity contribution in [1.29, 1.82) is 0 Å². The van der Waals surface area contributed by atoms with Crippen LogP contribution in [0.25, 0.3) is 5.76 Å². The molecule has 5 rings (SSSR count). The minimum atomic E-state index is -0.755. The van der Waals surface area contributed by atoms with Crippen molar-refractivity contribution in [1.82, 2.24) is 9.88 Å². The second kappa shape index (κ2) is 9.73. The van der Waals surface area contributed by atoms with Crippen LogP contribution in [0.1, 0.15) is 36.6 Å². The van der Waals surface area contributed by atoms with Gasteiger partial charge in [0, 0.05) is 43.3 Å². The third-order valence-electron chi connectivity index (χ3n) is 6.63. The summed E-state index contributed by atoms with van der Waals surface area (Å²) in [5, 5.41) is 11.3. The van der Waals surface area contributed by atoms with E-state index in [1.165, 1.54) is 4.90 Å². The van der Waals surface area contributed by atoms with E-state index in [9.17, 15) is 14.7 Å². The Bertz CT molecular complexity index is 1320. The van der Waals surface area contributed by atoms with Crippen molar-refractivity contribution in [2.45, 2.75) is 26.4 Å². The number of anilines is 1. The number of hydrogen-bond acceptors (Lipinski definition) is 7. The SMILES string of the molecule is CCN(CC)c1ccc(C2/C(=C(/O)c3ccc4c(c3)OCO4)C(=O)C(=O)N2Cc2ccncc2)cc1. The molecule has 1 aromatic heterocycles. The van der Waals surface area contributed by atoms with E-state index >= 15 is 0 Å². The highest BCUT2D eigenvalue weighted by Crippen LogP contribution is 2.42. The van der Waals surface area contributed by atoms with Gasteiger partial charge in [-0.1, -0.05) is 12.1 Å². The van der Waals surface area contributed by atoms with Crippen LogP contribution in [-0.4, -0.2) is 46.6 Å². The maximum Gasteiger partial charge on any atom is 0.295 e. The number of carbonyl (C=O) groups excluding carboxylic acids is 2. The molecule has 1 fully saturated rings. The second-order valence-electron chi connectivity index (χ2n) is 8.61. The van der Waals surface area contributed by atoms with E-state index in [0.29, 0.717) is 17.1 Å². The lowest BCUT2D eigenvalue weighted by Gasteiger charge is -2.26. The number of amides is 1. The number of hydrogen-bond donors (Lipinski definition) is 1. The van der Waals surface area contributed by atoms with Crippen molar-refractivity contribution < 1.29 is 24.2 Å². The maximum atomic E-state index is 13.3. The number of aromatic nitrogens is 1. The van der Waals surface area contributed by atoms with Gasteiger partial charge in [0.15, 0.2) is 11.5 Å². The molecule has 1 amide bonds. The fourth-order valence-electron chi connectivity index (χ4n) is 4.73. The van der Waals surface area contributed by atoms with E-state index in [2.05, 4.69) is 23.7 Å². The number of aliphatic hydroxyl groups excluding tert-OH is 1. The molecule has 0 radical (unpaired) electrons. The first kappa shape index (κ1) is 23.4. The fraction of sp³-hybridized carbons (Fsp3) is 0.250. The predicted octanol–water partition coefficient (Wildman–Crippen LogP) is 4.28. The highest BCUT2D eigenvalue weighted by molar-refractivity contribution is 6.46.